The first-order chi connectivity index (χ1) is 12.7. The van der Waals surface area contributed by atoms with Crippen molar-refractivity contribution in [2.24, 2.45) is 0 Å². The van der Waals surface area contributed by atoms with E-state index in [9.17, 15) is 0 Å². The van der Waals surface area contributed by atoms with E-state index in [4.69, 9.17) is 21.4 Å². The number of benzene rings is 3. The Labute approximate surface area is 157 Å². The van der Waals surface area contributed by atoms with Crippen molar-refractivity contribution in [3.8, 4) is 34.0 Å². The molecule has 1 heterocycles. The lowest BCUT2D eigenvalue weighted by molar-refractivity contribution is 0.415. The Morgan fingerprint density at radius 3 is 2.15 bits per heavy atom. The zero-order valence-corrected chi connectivity index (χ0v) is 15.0. The van der Waals surface area contributed by atoms with Gasteiger partial charge in [-0.25, -0.2) is 4.68 Å². The Morgan fingerprint density at radius 2 is 1.50 bits per heavy atom. The van der Waals surface area contributed by atoms with Gasteiger partial charge in [0.05, 0.1) is 24.2 Å². The van der Waals surface area contributed by atoms with Crippen LogP contribution in [0.5, 0.6) is 5.75 Å². The second kappa shape index (κ2) is 7.06. The molecule has 0 saturated heterocycles. The van der Waals surface area contributed by atoms with Crippen molar-refractivity contribution in [3.05, 3.63) is 90.0 Å². The van der Waals surface area contributed by atoms with Gasteiger partial charge in [-0.15, -0.1) is 0 Å². The van der Waals surface area contributed by atoms with E-state index >= 15 is 0 Å². The first-order valence-corrected chi connectivity index (χ1v) is 8.68. The van der Waals surface area contributed by atoms with E-state index < -0.39 is 0 Å². The highest BCUT2D eigenvalue weighted by atomic mass is 35.5. The minimum absolute atomic E-state index is 0.704. The van der Waals surface area contributed by atoms with Crippen LogP contribution < -0.4 is 4.74 Å². The summed E-state index contributed by atoms with van der Waals surface area (Å²) in [6.07, 6.45) is 0. The van der Waals surface area contributed by atoms with Gasteiger partial charge >= 0.3 is 0 Å². The number of ether oxygens (including phenoxy) is 1. The summed E-state index contributed by atoms with van der Waals surface area (Å²) in [7, 11) is 1.67. The van der Waals surface area contributed by atoms with Crippen LogP contribution in [0.15, 0.2) is 84.9 Å². The quantitative estimate of drug-likeness (QED) is 0.455. The maximum atomic E-state index is 6.05. The van der Waals surface area contributed by atoms with Crippen LogP contribution in [0.2, 0.25) is 5.02 Å². The van der Waals surface area contributed by atoms with Crippen LogP contribution in [0, 0.1) is 0 Å². The normalized spacial score (nSPS) is 10.7. The highest BCUT2D eigenvalue weighted by Crippen LogP contribution is 2.30. The fourth-order valence-corrected chi connectivity index (χ4v) is 3.00. The van der Waals surface area contributed by atoms with Gasteiger partial charge in [0, 0.05) is 16.1 Å². The largest absolute Gasteiger partial charge is 0.497 e. The Hall–Kier alpha value is -3.04. The van der Waals surface area contributed by atoms with Crippen LogP contribution in [-0.2, 0) is 0 Å². The predicted octanol–water partition coefficient (Wildman–Crippen LogP) is 5.87. The number of nitrogens with zero attached hydrogens (tertiary/aromatic N) is 2. The van der Waals surface area contributed by atoms with Gasteiger partial charge in [-0.3, -0.25) is 0 Å². The molecule has 0 aliphatic rings. The molecule has 4 aromatic rings. The van der Waals surface area contributed by atoms with Crippen LogP contribution in [0.3, 0.4) is 0 Å². The summed E-state index contributed by atoms with van der Waals surface area (Å²) in [4.78, 5) is 0. The van der Waals surface area contributed by atoms with Crippen LogP contribution in [0.4, 0.5) is 0 Å². The lowest BCUT2D eigenvalue weighted by atomic mass is 10.1. The van der Waals surface area contributed by atoms with Crippen LogP contribution in [-0.4, -0.2) is 16.9 Å². The van der Waals surface area contributed by atoms with Crippen molar-refractivity contribution in [2.45, 2.75) is 0 Å². The third-order valence-electron chi connectivity index (χ3n) is 4.24. The first-order valence-electron chi connectivity index (χ1n) is 8.30. The molecule has 128 valence electrons. The molecule has 3 nitrogen and oxygen atoms in total. The SMILES string of the molecule is COc1ccc(-c2cc(-c3ccccc3)nn2-c2ccc(Cl)cc2)cc1. The maximum absolute atomic E-state index is 6.05. The first kappa shape index (κ1) is 16.4. The lowest BCUT2D eigenvalue weighted by Crippen LogP contribution is -1.99. The number of aromatic nitrogens is 2. The highest BCUT2D eigenvalue weighted by Gasteiger charge is 2.13. The maximum Gasteiger partial charge on any atom is 0.118 e. The summed E-state index contributed by atoms with van der Waals surface area (Å²) < 4.78 is 7.22. The van der Waals surface area contributed by atoms with Gasteiger partial charge in [0.1, 0.15) is 5.75 Å². The van der Waals surface area contributed by atoms with Crippen molar-refractivity contribution in [3.63, 3.8) is 0 Å². The van der Waals surface area contributed by atoms with Gasteiger partial charge < -0.3 is 4.74 Å². The van der Waals surface area contributed by atoms with Crippen molar-refractivity contribution in [1.82, 2.24) is 9.78 Å². The molecule has 0 amide bonds. The molecule has 0 aliphatic heterocycles. The summed E-state index contributed by atoms with van der Waals surface area (Å²) >= 11 is 6.05. The smallest absolute Gasteiger partial charge is 0.118 e. The van der Waals surface area contributed by atoms with Crippen molar-refractivity contribution in [2.75, 3.05) is 7.11 Å². The Morgan fingerprint density at radius 1 is 0.808 bits per heavy atom. The van der Waals surface area contributed by atoms with Crippen molar-refractivity contribution in [1.29, 1.82) is 0 Å². The van der Waals surface area contributed by atoms with E-state index in [0.29, 0.717) is 5.02 Å². The van der Waals surface area contributed by atoms with E-state index in [1.54, 1.807) is 7.11 Å². The molecule has 4 heteroatoms. The molecule has 0 N–H and O–H groups in total. The van der Waals surface area contributed by atoms with Gasteiger partial charge in [0.25, 0.3) is 0 Å². The minimum Gasteiger partial charge on any atom is -0.497 e. The van der Waals surface area contributed by atoms with Crippen LogP contribution >= 0.6 is 11.6 Å². The Kier molecular flexibility index (Phi) is 4.46. The number of hydrogen-bond acceptors (Lipinski definition) is 2. The molecule has 1 aromatic heterocycles. The Bertz CT molecular complexity index is 1010. The van der Waals surface area contributed by atoms with Crippen molar-refractivity contribution >= 4 is 11.6 Å². The molecule has 0 spiro atoms. The number of rotatable bonds is 4. The van der Waals surface area contributed by atoms with Gasteiger partial charge in [0.2, 0.25) is 0 Å². The van der Waals surface area contributed by atoms with Gasteiger partial charge in [-0.1, -0.05) is 41.9 Å². The third kappa shape index (κ3) is 3.22. The Balaban J connectivity index is 1.87. The summed E-state index contributed by atoms with van der Waals surface area (Å²) in [5.74, 6) is 0.828. The zero-order chi connectivity index (χ0) is 17.9. The predicted molar refractivity (Wildman–Crippen MR) is 106 cm³/mol. The summed E-state index contributed by atoms with van der Waals surface area (Å²) in [6.45, 7) is 0. The standard InChI is InChI=1S/C22H17ClN2O/c1-26-20-13-7-17(8-14-20)22-15-21(16-5-3-2-4-6-16)24-25(22)19-11-9-18(23)10-12-19/h2-15H,1H3. The van der Waals surface area contributed by atoms with E-state index in [0.717, 1.165) is 34.0 Å². The van der Waals surface area contributed by atoms with E-state index in [1.807, 2.05) is 71.4 Å². The minimum atomic E-state index is 0.704. The van der Waals surface area contributed by atoms with Gasteiger partial charge in [-0.05, 0) is 54.6 Å². The molecular weight excluding hydrogens is 344 g/mol. The molecule has 0 saturated carbocycles. The lowest BCUT2D eigenvalue weighted by Gasteiger charge is -2.08. The van der Waals surface area contributed by atoms with Gasteiger partial charge in [-0.2, -0.15) is 5.10 Å². The third-order valence-corrected chi connectivity index (χ3v) is 4.49. The fraction of sp³-hybridized carbons (Fsp3) is 0.0455. The van der Waals surface area contributed by atoms with E-state index in [2.05, 4.69) is 18.2 Å². The number of halogens is 1. The van der Waals surface area contributed by atoms with Gasteiger partial charge in [0.15, 0.2) is 0 Å². The summed E-state index contributed by atoms with van der Waals surface area (Å²) in [6, 6.07) is 27.9. The zero-order valence-electron chi connectivity index (χ0n) is 14.3. The van der Waals surface area contributed by atoms with Crippen LogP contribution in [0.25, 0.3) is 28.2 Å². The number of hydrogen-bond donors (Lipinski definition) is 0. The van der Waals surface area contributed by atoms with E-state index in [1.165, 1.54) is 0 Å². The second-order valence-corrected chi connectivity index (χ2v) is 6.33. The average Bonchev–Trinajstić information content (AvgIpc) is 3.15. The molecule has 0 bridgehead atoms. The molecule has 0 radical (unpaired) electrons. The molecule has 3 aromatic carbocycles. The fourth-order valence-electron chi connectivity index (χ4n) is 2.88. The molecule has 0 fully saturated rings. The van der Waals surface area contributed by atoms with Crippen LogP contribution in [0.1, 0.15) is 0 Å². The molecule has 26 heavy (non-hydrogen) atoms. The molecular formula is C22H17ClN2O. The molecule has 0 unspecified atom stereocenters. The number of methoxy groups -OCH3 is 1. The monoisotopic (exact) mass is 360 g/mol. The summed E-state index contributed by atoms with van der Waals surface area (Å²) in [5.41, 5.74) is 5.04. The van der Waals surface area contributed by atoms with Crippen molar-refractivity contribution < 1.29 is 4.74 Å². The highest BCUT2D eigenvalue weighted by molar-refractivity contribution is 6.30. The molecule has 0 aliphatic carbocycles. The topological polar surface area (TPSA) is 27.1 Å². The molecule has 4 rings (SSSR count). The summed E-state index contributed by atoms with van der Waals surface area (Å²) in [5, 5.41) is 5.55. The second-order valence-electron chi connectivity index (χ2n) is 5.90. The van der Waals surface area contributed by atoms with E-state index in [-0.39, 0.29) is 0 Å². The average molecular weight is 361 g/mol. The molecule has 0 atom stereocenters.